The molecule has 2 nitrogen and oxygen atoms in total. The lowest BCUT2D eigenvalue weighted by Crippen LogP contribution is -2.46. The summed E-state index contributed by atoms with van der Waals surface area (Å²) in [7, 11) is 0. The number of anilines is 1. The highest BCUT2D eigenvalue weighted by Gasteiger charge is 2.38. The van der Waals surface area contributed by atoms with Crippen LogP contribution in [0.15, 0.2) is 18.3 Å². The number of pyridine rings is 1. The number of alkyl halides is 3. The summed E-state index contributed by atoms with van der Waals surface area (Å²) >= 11 is 0. The van der Waals surface area contributed by atoms with Crippen LogP contribution in [0.1, 0.15) is 12.6 Å². The van der Waals surface area contributed by atoms with Gasteiger partial charge in [-0.25, -0.2) is 4.98 Å². The van der Waals surface area contributed by atoms with Crippen molar-refractivity contribution in [2.45, 2.75) is 13.1 Å². The van der Waals surface area contributed by atoms with Gasteiger partial charge in [-0.3, -0.25) is 0 Å². The first-order chi connectivity index (χ1) is 6.98. The molecule has 1 fully saturated rings. The van der Waals surface area contributed by atoms with E-state index < -0.39 is 11.9 Å². The highest BCUT2D eigenvalue weighted by atomic mass is 19.4. The maximum atomic E-state index is 12.6. The van der Waals surface area contributed by atoms with Crippen LogP contribution < -0.4 is 4.90 Å². The van der Waals surface area contributed by atoms with Gasteiger partial charge >= 0.3 is 6.18 Å². The molecule has 0 spiro atoms. The Balaban J connectivity index is 2.31. The zero-order valence-corrected chi connectivity index (χ0v) is 8.25. The second-order valence-corrected chi connectivity index (χ2v) is 3.88. The minimum Gasteiger partial charge on any atom is -0.369 e. The molecule has 82 valence electrons. The van der Waals surface area contributed by atoms with Crippen LogP contribution in [-0.4, -0.2) is 18.1 Å². The van der Waals surface area contributed by atoms with E-state index in [0.29, 0.717) is 19.0 Å². The molecular formula is C10H11F3N2. The molecule has 1 aliphatic heterocycles. The number of aromatic nitrogens is 1. The zero-order valence-electron chi connectivity index (χ0n) is 8.25. The van der Waals surface area contributed by atoms with Crippen LogP contribution in [0.25, 0.3) is 0 Å². The van der Waals surface area contributed by atoms with Crippen LogP contribution in [-0.2, 0) is 6.18 Å². The number of hydrogen-bond donors (Lipinski definition) is 0. The molecule has 0 N–H and O–H groups in total. The fraction of sp³-hybridized carbons (Fsp3) is 0.500. The fourth-order valence-corrected chi connectivity index (χ4v) is 1.77. The van der Waals surface area contributed by atoms with E-state index in [9.17, 15) is 13.2 Å². The molecule has 0 bridgehead atoms. The third-order valence-corrected chi connectivity index (χ3v) is 2.46. The summed E-state index contributed by atoms with van der Waals surface area (Å²) in [6.07, 6.45) is -3.19. The monoisotopic (exact) mass is 216 g/mol. The molecule has 0 aliphatic carbocycles. The van der Waals surface area contributed by atoms with Gasteiger partial charge in [-0.1, -0.05) is 6.92 Å². The molecule has 1 aliphatic rings. The molecule has 0 unspecified atom stereocenters. The van der Waals surface area contributed by atoms with Gasteiger partial charge in [0.15, 0.2) is 5.69 Å². The Hall–Kier alpha value is -1.26. The molecule has 0 saturated carbocycles. The number of nitrogens with zero attached hydrogens (tertiary/aromatic N) is 2. The van der Waals surface area contributed by atoms with Gasteiger partial charge in [0.05, 0.1) is 5.69 Å². The minimum absolute atomic E-state index is 0.197. The number of hydrogen-bond acceptors (Lipinski definition) is 2. The van der Waals surface area contributed by atoms with Crippen LogP contribution in [0, 0.1) is 5.92 Å². The zero-order chi connectivity index (χ0) is 11.1. The van der Waals surface area contributed by atoms with Crippen LogP contribution in [0.3, 0.4) is 0 Å². The van der Waals surface area contributed by atoms with E-state index in [-0.39, 0.29) is 5.69 Å². The summed E-state index contributed by atoms with van der Waals surface area (Å²) in [6.45, 7) is 3.36. The van der Waals surface area contributed by atoms with Crippen molar-refractivity contribution in [1.29, 1.82) is 0 Å². The number of rotatable bonds is 1. The molecule has 0 radical (unpaired) electrons. The topological polar surface area (TPSA) is 16.1 Å². The van der Waals surface area contributed by atoms with Gasteiger partial charge in [-0.15, -0.1) is 0 Å². The lowest BCUT2D eigenvalue weighted by Gasteiger charge is -2.39. The summed E-state index contributed by atoms with van der Waals surface area (Å²) in [5, 5.41) is 0. The maximum absolute atomic E-state index is 12.6. The largest absolute Gasteiger partial charge is 0.435 e. The second-order valence-electron chi connectivity index (χ2n) is 3.88. The van der Waals surface area contributed by atoms with Gasteiger partial charge in [-0.2, -0.15) is 13.2 Å². The molecule has 1 aromatic rings. The Morgan fingerprint density at radius 2 is 2.07 bits per heavy atom. The molecule has 2 rings (SSSR count). The predicted octanol–water partition coefficient (Wildman–Crippen LogP) is 2.56. The highest BCUT2D eigenvalue weighted by molar-refractivity contribution is 5.53. The molecule has 1 saturated heterocycles. The quantitative estimate of drug-likeness (QED) is 0.717. The van der Waals surface area contributed by atoms with Gasteiger partial charge in [0.25, 0.3) is 0 Å². The van der Waals surface area contributed by atoms with Crippen molar-refractivity contribution in [3.05, 3.63) is 24.0 Å². The van der Waals surface area contributed by atoms with Crippen molar-refractivity contribution < 1.29 is 13.2 Å². The van der Waals surface area contributed by atoms with Crippen molar-refractivity contribution >= 4 is 5.69 Å². The molecule has 0 atom stereocenters. The highest BCUT2D eigenvalue weighted by Crippen LogP contribution is 2.36. The second kappa shape index (κ2) is 3.40. The fourth-order valence-electron chi connectivity index (χ4n) is 1.77. The van der Waals surface area contributed by atoms with E-state index in [1.54, 1.807) is 4.90 Å². The standard InChI is InChI=1S/C10H11F3N2/c1-7-5-15(6-7)8-3-2-4-14-9(8)10(11,12)13/h2-4,7H,5-6H2,1H3. The van der Waals surface area contributed by atoms with Crippen molar-refractivity contribution in [3.8, 4) is 0 Å². The van der Waals surface area contributed by atoms with Crippen LogP contribution in [0.5, 0.6) is 0 Å². The normalized spacial score (nSPS) is 17.7. The van der Waals surface area contributed by atoms with Crippen molar-refractivity contribution in [1.82, 2.24) is 4.98 Å². The molecule has 0 amide bonds. The SMILES string of the molecule is CC1CN(c2cccnc2C(F)(F)F)C1. The Labute approximate surface area is 85.7 Å². The van der Waals surface area contributed by atoms with E-state index in [2.05, 4.69) is 4.98 Å². The minimum atomic E-state index is -4.37. The van der Waals surface area contributed by atoms with Crippen molar-refractivity contribution in [3.63, 3.8) is 0 Å². The molecule has 15 heavy (non-hydrogen) atoms. The number of halogens is 3. The molecule has 0 aromatic carbocycles. The first-order valence-corrected chi connectivity index (χ1v) is 4.75. The Morgan fingerprint density at radius 3 is 2.60 bits per heavy atom. The first kappa shape index (κ1) is 10.3. The Morgan fingerprint density at radius 1 is 1.40 bits per heavy atom. The third-order valence-electron chi connectivity index (χ3n) is 2.46. The Bertz CT molecular complexity index is 356. The molecular weight excluding hydrogens is 205 g/mol. The van der Waals surface area contributed by atoms with Gasteiger partial charge in [0.2, 0.25) is 0 Å². The predicted molar refractivity (Wildman–Crippen MR) is 50.6 cm³/mol. The smallest absolute Gasteiger partial charge is 0.369 e. The van der Waals surface area contributed by atoms with E-state index in [4.69, 9.17) is 0 Å². The lowest BCUT2D eigenvalue weighted by atomic mass is 10.0. The van der Waals surface area contributed by atoms with E-state index >= 15 is 0 Å². The lowest BCUT2D eigenvalue weighted by molar-refractivity contribution is -0.140. The van der Waals surface area contributed by atoms with E-state index in [1.807, 2.05) is 6.92 Å². The molecule has 1 aromatic heterocycles. The third kappa shape index (κ3) is 1.91. The first-order valence-electron chi connectivity index (χ1n) is 4.75. The van der Waals surface area contributed by atoms with Crippen molar-refractivity contribution in [2.24, 2.45) is 5.92 Å². The summed E-state index contributed by atoms with van der Waals surface area (Å²) in [4.78, 5) is 5.12. The van der Waals surface area contributed by atoms with Crippen molar-refractivity contribution in [2.75, 3.05) is 18.0 Å². The maximum Gasteiger partial charge on any atom is 0.435 e. The van der Waals surface area contributed by atoms with Crippen LogP contribution in [0.4, 0.5) is 18.9 Å². The summed E-state index contributed by atoms with van der Waals surface area (Å²) in [5.74, 6) is 0.464. The summed E-state index contributed by atoms with van der Waals surface area (Å²) in [5.41, 5.74) is -0.583. The Kier molecular flexibility index (Phi) is 2.32. The van der Waals surface area contributed by atoms with E-state index in [0.717, 1.165) is 0 Å². The van der Waals surface area contributed by atoms with Gasteiger partial charge < -0.3 is 4.90 Å². The van der Waals surface area contributed by atoms with Crippen LogP contribution in [0.2, 0.25) is 0 Å². The average molecular weight is 216 g/mol. The molecule has 5 heteroatoms. The summed E-state index contributed by atoms with van der Waals surface area (Å²) < 4.78 is 37.7. The van der Waals surface area contributed by atoms with E-state index in [1.165, 1.54) is 18.3 Å². The van der Waals surface area contributed by atoms with Gasteiger partial charge in [0, 0.05) is 19.3 Å². The van der Waals surface area contributed by atoms with Crippen LogP contribution >= 0.6 is 0 Å². The molecule has 2 heterocycles. The van der Waals surface area contributed by atoms with Gasteiger partial charge in [-0.05, 0) is 18.1 Å². The average Bonchev–Trinajstić information content (AvgIpc) is 2.12. The summed E-state index contributed by atoms with van der Waals surface area (Å²) in [6, 6.07) is 3.01. The van der Waals surface area contributed by atoms with Gasteiger partial charge in [0.1, 0.15) is 0 Å².